The molecule has 0 aliphatic carbocycles. The molecule has 110 valence electrons. The van der Waals surface area contributed by atoms with E-state index in [1.54, 1.807) is 18.3 Å². The number of pyridine rings is 1. The smallest absolute Gasteiger partial charge is 0.214 e. The molecule has 1 aliphatic rings. The van der Waals surface area contributed by atoms with Crippen LogP contribution in [-0.4, -0.2) is 16.4 Å². The van der Waals surface area contributed by atoms with Gasteiger partial charge in [0.1, 0.15) is 5.82 Å². The molecule has 2 radical (unpaired) electrons. The third kappa shape index (κ3) is 4.78. The summed E-state index contributed by atoms with van der Waals surface area (Å²) in [6.07, 6.45) is 13.3. The number of nitriles is 1. The van der Waals surface area contributed by atoms with Crippen molar-refractivity contribution in [2.45, 2.75) is 45.4 Å². The number of anilines is 1. The molecule has 1 aromatic rings. The fraction of sp³-hybridized carbons (Fsp3) is 0.471. The van der Waals surface area contributed by atoms with E-state index in [-0.39, 0.29) is 0 Å². The summed E-state index contributed by atoms with van der Waals surface area (Å²) in [5, 5.41) is 8.92. The van der Waals surface area contributed by atoms with Gasteiger partial charge in [0, 0.05) is 25.1 Å². The van der Waals surface area contributed by atoms with E-state index in [9.17, 15) is 0 Å². The molecule has 0 spiro atoms. The Morgan fingerprint density at radius 1 is 1.19 bits per heavy atom. The van der Waals surface area contributed by atoms with E-state index in [0.29, 0.717) is 5.56 Å². The Morgan fingerprint density at radius 3 is 2.81 bits per heavy atom. The maximum atomic E-state index is 8.92. The number of nitrogens with zero attached hydrogens (tertiary/aromatic N) is 4. The second-order valence-corrected chi connectivity index (χ2v) is 5.24. The lowest BCUT2D eigenvalue weighted by atomic mass is 10.1. The van der Waals surface area contributed by atoms with Gasteiger partial charge in [-0.2, -0.15) is 5.26 Å². The topological polar surface area (TPSA) is 43.2 Å². The van der Waals surface area contributed by atoms with Gasteiger partial charge < -0.3 is 4.90 Å². The van der Waals surface area contributed by atoms with Crippen molar-refractivity contribution >= 4 is 5.82 Å². The van der Waals surface area contributed by atoms with E-state index in [2.05, 4.69) is 29.5 Å². The first kappa shape index (κ1) is 15.4. The van der Waals surface area contributed by atoms with E-state index < -0.39 is 0 Å². The van der Waals surface area contributed by atoms with Crippen molar-refractivity contribution in [2.24, 2.45) is 0 Å². The van der Waals surface area contributed by atoms with Gasteiger partial charge in [-0.05, 0) is 18.6 Å². The first-order valence-corrected chi connectivity index (χ1v) is 7.70. The number of rotatable bonds is 8. The molecule has 21 heavy (non-hydrogen) atoms. The highest BCUT2D eigenvalue weighted by Crippen LogP contribution is 2.21. The first-order valence-electron chi connectivity index (χ1n) is 7.70. The van der Waals surface area contributed by atoms with Crippen LogP contribution in [0.15, 0.2) is 30.7 Å². The van der Waals surface area contributed by atoms with Gasteiger partial charge in [-0.1, -0.05) is 39.0 Å². The summed E-state index contributed by atoms with van der Waals surface area (Å²) < 4.78 is 0. The van der Waals surface area contributed by atoms with Crippen LogP contribution < -0.4 is 4.90 Å². The van der Waals surface area contributed by atoms with E-state index in [0.717, 1.165) is 12.4 Å². The number of unbranched alkanes of at least 4 members (excludes halogenated alkanes) is 5. The van der Waals surface area contributed by atoms with Gasteiger partial charge in [0.2, 0.25) is 6.67 Å². The molecular weight excluding hydrogens is 260 g/mol. The molecule has 0 atom stereocenters. The molecule has 1 aliphatic heterocycles. The number of aromatic nitrogens is 1. The minimum absolute atomic E-state index is 0.615. The third-order valence-electron chi connectivity index (χ3n) is 3.51. The monoisotopic (exact) mass is 282 g/mol. The van der Waals surface area contributed by atoms with Gasteiger partial charge >= 0.3 is 0 Å². The Labute approximate surface area is 127 Å². The highest BCUT2D eigenvalue weighted by Gasteiger charge is 2.16. The van der Waals surface area contributed by atoms with Crippen LogP contribution in [0.4, 0.5) is 5.82 Å². The van der Waals surface area contributed by atoms with Crippen LogP contribution in [0.2, 0.25) is 0 Å². The van der Waals surface area contributed by atoms with E-state index in [1.807, 2.05) is 17.3 Å². The molecule has 1 aromatic heterocycles. The van der Waals surface area contributed by atoms with Crippen molar-refractivity contribution in [3.63, 3.8) is 0 Å². The average molecular weight is 282 g/mol. The molecule has 0 saturated carbocycles. The zero-order valence-electron chi connectivity index (χ0n) is 12.6. The molecule has 0 fully saturated rings. The maximum absolute atomic E-state index is 8.92. The molecule has 0 amide bonds. The van der Waals surface area contributed by atoms with Crippen molar-refractivity contribution in [3.05, 3.63) is 43.0 Å². The summed E-state index contributed by atoms with van der Waals surface area (Å²) in [6, 6.07) is 5.60. The normalized spacial score (nSPS) is 13.7. The summed E-state index contributed by atoms with van der Waals surface area (Å²) in [5.74, 6) is 0.732. The van der Waals surface area contributed by atoms with Gasteiger partial charge in [-0.25, -0.2) is 4.98 Å². The van der Waals surface area contributed by atoms with Crippen LogP contribution in [0.3, 0.4) is 0 Å². The van der Waals surface area contributed by atoms with Crippen LogP contribution in [-0.2, 0) is 0 Å². The second-order valence-electron chi connectivity index (χ2n) is 5.24. The summed E-state index contributed by atoms with van der Waals surface area (Å²) in [6.45, 7) is 6.47. The summed E-state index contributed by atoms with van der Waals surface area (Å²) >= 11 is 0. The fourth-order valence-corrected chi connectivity index (χ4v) is 2.29. The largest absolute Gasteiger partial charge is 0.346 e. The van der Waals surface area contributed by atoms with Crippen molar-refractivity contribution < 1.29 is 0 Å². The average Bonchev–Trinajstić information content (AvgIpc) is 3.00. The Balaban J connectivity index is 1.71. The Hall–Kier alpha value is -2.02. The number of hydrogen-bond donors (Lipinski definition) is 0. The van der Waals surface area contributed by atoms with Gasteiger partial charge in [0.25, 0.3) is 0 Å². The standard InChI is InChI=1S/C17H22N4/c1-2-3-4-5-6-7-10-20-11-12-21(15-20)17-13-16(14-18)8-9-19-17/h8-9,11-13H,2-7,10H2,1H3. The van der Waals surface area contributed by atoms with Crippen LogP contribution in [0.1, 0.15) is 51.0 Å². The Morgan fingerprint density at radius 2 is 2.00 bits per heavy atom. The van der Waals surface area contributed by atoms with Gasteiger partial charge in [0.15, 0.2) is 0 Å². The minimum atomic E-state index is 0.615. The first-order chi connectivity index (χ1) is 10.3. The van der Waals surface area contributed by atoms with E-state index in [4.69, 9.17) is 5.26 Å². The fourth-order valence-electron chi connectivity index (χ4n) is 2.29. The lowest BCUT2D eigenvalue weighted by Crippen LogP contribution is -2.20. The van der Waals surface area contributed by atoms with Crippen LogP contribution in [0, 0.1) is 18.0 Å². The van der Waals surface area contributed by atoms with Crippen molar-refractivity contribution in [1.29, 1.82) is 5.26 Å². The summed E-state index contributed by atoms with van der Waals surface area (Å²) in [4.78, 5) is 8.16. The Kier molecular flexibility index (Phi) is 6.08. The lowest BCUT2D eigenvalue weighted by Gasteiger charge is -2.18. The highest BCUT2D eigenvalue weighted by molar-refractivity contribution is 5.50. The SMILES string of the molecule is CCCCCCCCN1[C]N(c2cc(C#N)ccn2)C=C1. The van der Waals surface area contributed by atoms with Gasteiger partial charge in [0.05, 0.1) is 11.6 Å². The van der Waals surface area contributed by atoms with Crippen molar-refractivity contribution in [3.8, 4) is 6.07 Å². The summed E-state index contributed by atoms with van der Waals surface area (Å²) in [5.41, 5.74) is 0.615. The molecule has 2 heterocycles. The Bertz CT molecular complexity index is 504. The molecular formula is C17H22N4. The van der Waals surface area contributed by atoms with E-state index in [1.165, 1.54) is 38.5 Å². The molecule has 0 unspecified atom stereocenters. The zero-order chi connectivity index (χ0) is 14.9. The second kappa shape index (κ2) is 8.31. The molecule has 4 heteroatoms. The van der Waals surface area contributed by atoms with Crippen LogP contribution >= 0.6 is 0 Å². The zero-order valence-corrected chi connectivity index (χ0v) is 12.6. The quantitative estimate of drug-likeness (QED) is 0.678. The maximum Gasteiger partial charge on any atom is 0.214 e. The molecule has 0 bridgehead atoms. The van der Waals surface area contributed by atoms with Crippen LogP contribution in [0.5, 0.6) is 0 Å². The molecule has 0 saturated heterocycles. The third-order valence-corrected chi connectivity index (χ3v) is 3.51. The van der Waals surface area contributed by atoms with E-state index >= 15 is 0 Å². The predicted molar refractivity (Wildman–Crippen MR) is 83.9 cm³/mol. The van der Waals surface area contributed by atoms with Crippen molar-refractivity contribution in [1.82, 2.24) is 9.88 Å². The predicted octanol–water partition coefficient (Wildman–Crippen LogP) is 3.90. The molecule has 0 N–H and O–H groups in total. The number of hydrogen-bond acceptors (Lipinski definition) is 4. The molecule has 0 aromatic carbocycles. The van der Waals surface area contributed by atoms with Gasteiger partial charge in [-0.15, -0.1) is 0 Å². The highest BCUT2D eigenvalue weighted by atomic mass is 15.4. The van der Waals surface area contributed by atoms with Gasteiger partial charge in [-0.3, -0.25) is 4.90 Å². The minimum Gasteiger partial charge on any atom is -0.346 e. The lowest BCUT2D eigenvalue weighted by molar-refractivity contribution is 0.438. The van der Waals surface area contributed by atoms with Crippen molar-refractivity contribution in [2.75, 3.05) is 11.4 Å². The summed E-state index contributed by atoms with van der Waals surface area (Å²) in [7, 11) is 0. The molecule has 4 nitrogen and oxygen atoms in total. The molecule has 2 rings (SSSR count). The van der Waals surface area contributed by atoms with Crippen LogP contribution in [0.25, 0.3) is 0 Å².